The fraction of sp³-hybridized carbons (Fsp3) is 0.417. The van der Waals surface area contributed by atoms with E-state index in [9.17, 15) is 18.0 Å². The Hall–Kier alpha value is -2.14. The SMILES string of the molecule is CCC(C(=O)NCC(C)C)N(Cc1ccccc1)C(=O)CN(c1ccc(I)cc1)S(C)(=O)=O. The van der Waals surface area contributed by atoms with Crippen LogP contribution in [-0.2, 0) is 26.2 Å². The number of hydrogen-bond acceptors (Lipinski definition) is 4. The number of rotatable bonds is 11. The zero-order valence-electron chi connectivity index (χ0n) is 19.5. The molecule has 0 spiro atoms. The van der Waals surface area contributed by atoms with Gasteiger partial charge < -0.3 is 10.2 Å². The third-order valence-corrected chi connectivity index (χ3v) is 6.92. The van der Waals surface area contributed by atoms with Crippen LogP contribution >= 0.6 is 22.6 Å². The quantitative estimate of drug-likeness (QED) is 0.409. The first kappa shape index (κ1) is 27.1. The van der Waals surface area contributed by atoms with Gasteiger partial charge in [-0.1, -0.05) is 51.1 Å². The van der Waals surface area contributed by atoms with E-state index in [-0.39, 0.29) is 24.9 Å². The summed E-state index contributed by atoms with van der Waals surface area (Å²) in [6.07, 6.45) is 1.48. The lowest BCUT2D eigenvalue weighted by atomic mass is 10.1. The summed E-state index contributed by atoms with van der Waals surface area (Å²) in [5, 5.41) is 2.91. The molecule has 2 aromatic carbocycles. The molecule has 1 atom stereocenters. The largest absolute Gasteiger partial charge is 0.354 e. The normalized spacial score (nSPS) is 12.3. The Bertz CT molecular complexity index is 1030. The molecule has 0 bridgehead atoms. The summed E-state index contributed by atoms with van der Waals surface area (Å²) < 4.78 is 27.2. The molecule has 0 aromatic heterocycles. The molecular weight excluding hydrogens is 553 g/mol. The van der Waals surface area contributed by atoms with E-state index in [0.717, 1.165) is 19.7 Å². The second kappa shape index (κ2) is 12.4. The van der Waals surface area contributed by atoms with Gasteiger partial charge in [-0.2, -0.15) is 0 Å². The van der Waals surface area contributed by atoms with Crippen LogP contribution in [0.1, 0.15) is 32.8 Å². The van der Waals surface area contributed by atoms with Gasteiger partial charge in [0.2, 0.25) is 21.8 Å². The molecule has 0 aliphatic carbocycles. The van der Waals surface area contributed by atoms with Gasteiger partial charge in [0.1, 0.15) is 12.6 Å². The molecule has 7 nitrogen and oxygen atoms in total. The van der Waals surface area contributed by atoms with E-state index < -0.39 is 22.0 Å². The number of carbonyl (C=O) groups is 2. The van der Waals surface area contributed by atoms with Gasteiger partial charge in [0.25, 0.3) is 0 Å². The summed E-state index contributed by atoms with van der Waals surface area (Å²) in [6, 6.07) is 15.6. The van der Waals surface area contributed by atoms with Gasteiger partial charge >= 0.3 is 0 Å². The van der Waals surface area contributed by atoms with Crippen LogP contribution in [0, 0.1) is 9.49 Å². The standard InChI is InChI=1S/C24H32IN3O4S/c1-5-22(24(30)26-15-18(2)3)27(16-19-9-7-6-8-10-19)23(29)17-28(33(4,31)32)21-13-11-20(25)12-14-21/h6-14,18,22H,5,15-17H2,1-4H3,(H,26,30). The fourth-order valence-electron chi connectivity index (χ4n) is 3.34. The smallest absolute Gasteiger partial charge is 0.244 e. The molecule has 1 unspecified atom stereocenters. The van der Waals surface area contributed by atoms with Crippen molar-refractivity contribution in [2.45, 2.75) is 39.8 Å². The number of amides is 2. The van der Waals surface area contributed by atoms with Gasteiger partial charge in [0.15, 0.2) is 0 Å². The molecule has 1 N–H and O–H groups in total. The number of sulfonamides is 1. The zero-order chi connectivity index (χ0) is 24.6. The Morgan fingerprint density at radius 2 is 1.64 bits per heavy atom. The zero-order valence-corrected chi connectivity index (χ0v) is 22.5. The molecule has 180 valence electrons. The molecule has 0 aliphatic rings. The van der Waals surface area contributed by atoms with Crippen LogP contribution in [0.4, 0.5) is 5.69 Å². The molecule has 2 rings (SSSR count). The summed E-state index contributed by atoms with van der Waals surface area (Å²) >= 11 is 2.13. The van der Waals surface area contributed by atoms with Crippen LogP contribution in [0.3, 0.4) is 0 Å². The van der Waals surface area contributed by atoms with Gasteiger partial charge in [-0.3, -0.25) is 13.9 Å². The first-order valence-corrected chi connectivity index (χ1v) is 13.8. The van der Waals surface area contributed by atoms with Crippen molar-refractivity contribution >= 4 is 50.1 Å². The third kappa shape index (κ3) is 8.29. The van der Waals surface area contributed by atoms with Crippen molar-refractivity contribution in [3.05, 3.63) is 63.7 Å². The van der Waals surface area contributed by atoms with E-state index >= 15 is 0 Å². The number of benzene rings is 2. The minimum atomic E-state index is -3.72. The van der Waals surface area contributed by atoms with Crippen LogP contribution < -0.4 is 9.62 Å². The molecule has 0 saturated carbocycles. The Balaban J connectivity index is 2.37. The van der Waals surface area contributed by atoms with E-state index in [1.54, 1.807) is 24.3 Å². The Labute approximate surface area is 210 Å². The van der Waals surface area contributed by atoms with Crippen LogP contribution in [0.25, 0.3) is 0 Å². The first-order valence-electron chi connectivity index (χ1n) is 10.9. The van der Waals surface area contributed by atoms with E-state index in [4.69, 9.17) is 0 Å². The molecule has 0 radical (unpaired) electrons. The molecule has 2 aromatic rings. The molecule has 0 heterocycles. The number of carbonyl (C=O) groups excluding carboxylic acids is 2. The van der Waals surface area contributed by atoms with Crippen molar-refractivity contribution in [2.24, 2.45) is 5.92 Å². The minimum absolute atomic E-state index is 0.206. The van der Waals surface area contributed by atoms with Gasteiger partial charge in [0.05, 0.1) is 11.9 Å². The van der Waals surface area contributed by atoms with Crippen LogP contribution in [0.5, 0.6) is 0 Å². The summed E-state index contributed by atoms with van der Waals surface area (Å²) in [7, 11) is -3.72. The molecule has 2 amide bonds. The second-order valence-electron chi connectivity index (χ2n) is 8.32. The highest BCUT2D eigenvalue weighted by Gasteiger charge is 2.31. The van der Waals surface area contributed by atoms with Crippen LogP contribution in [0.15, 0.2) is 54.6 Å². The second-order valence-corrected chi connectivity index (χ2v) is 11.5. The molecule has 0 fully saturated rings. The van der Waals surface area contributed by atoms with Gasteiger partial charge in [-0.15, -0.1) is 0 Å². The van der Waals surface area contributed by atoms with Crippen molar-refractivity contribution in [3.8, 4) is 0 Å². The average Bonchev–Trinajstić information content (AvgIpc) is 2.76. The van der Waals surface area contributed by atoms with Crippen molar-refractivity contribution in [1.29, 1.82) is 0 Å². The Kier molecular flexibility index (Phi) is 10.2. The Morgan fingerprint density at radius 1 is 1.03 bits per heavy atom. The highest BCUT2D eigenvalue weighted by atomic mass is 127. The number of nitrogens with zero attached hydrogens (tertiary/aromatic N) is 2. The molecule has 0 saturated heterocycles. The highest BCUT2D eigenvalue weighted by Crippen LogP contribution is 2.21. The molecule has 33 heavy (non-hydrogen) atoms. The number of anilines is 1. The van der Waals surface area contributed by atoms with E-state index in [1.807, 2.05) is 51.1 Å². The maximum atomic E-state index is 13.5. The van der Waals surface area contributed by atoms with Gasteiger partial charge in [-0.25, -0.2) is 8.42 Å². The van der Waals surface area contributed by atoms with E-state index in [0.29, 0.717) is 18.7 Å². The number of halogens is 1. The molecule has 9 heteroatoms. The van der Waals surface area contributed by atoms with Crippen molar-refractivity contribution < 1.29 is 18.0 Å². The van der Waals surface area contributed by atoms with Crippen LogP contribution in [0.2, 0.25) is 0 Å². The molecule has 0 aliphatic heterocycles. The summed E-state index contributed by atoms with van der Waals surface area (Å²) in [4.78, 5) is 28.0. The van der Waals surface area contributed by atoms with Crippen molar-refractivity contribution in [3.63, 3.8) is 0 Å². The predicted octanol–water partition coefficient (Wildman–Crippen LogP) is 3.64. The minimum Gasteiger partial charge on any atom is -0.354 e. The Morgan fingerprint density at radius 3 is 2.15 bits per heavy atom. The van der Waals surface area contributed by atoms with E-state index in [2.05, 4.69) is 27.9 Å². The number of hydrogen-bond donors (Lipinski definition) is 1. The fourth-order valence-corrected chi connectivity index (χ4v) is 4.55. The third-order valence-electron chi connectivity index (χ3n) is 5.06. The van der Waals surface area contributed by atoms with Crippen molar-refractivity contribution in [2.75, 3.05) is 23.7 Å². The maximum absolute atomic E-state index is 13.5. The lowest BCUT2D eigenvalue weighted by molar-refractivity contribution is -0.140. The lowest BCUT2D eigenvalue weighted by Crippen LogP contribution is -2.52. The van der Waals surface area contributed by atoms with E-state index in [1.165, 1.54) is 4.90 Å². The maximum Gasteiger partial charge on any atom is 0.244 e. The van der Waals surface area contributed by atoms with Gasteiger partial charge in [0, 0.05) is 16.7 Å². The number of nitrogens with one attached hydrogen (secondary N) is 1. The summed E-state index contributed by atoms with van der Waals surface area (Å²) in [5.74, 6) is -0.406. The summed E-state index contributed by atoms with van der Waals surface area (Å²) in [5.41, 5.74) is 1.27. The first-order chi connectivity index (χ1) is 15.5. The predicted molar refractivity (Wildman–Crippen MR) is 140 cm³/mol. The lowest BCUT2D eigenvalue weighted by Gasteiger charge is -2.33. The van der Waals surface area contributed by atoms with Crippen molar-refractivity contribution in [1.82, 2.24) is 10.2 Å². The highest BCUT2D eigenvalue weighted by molar-refractivity contribution is 14.1. The molecular formula is C24H32IN3O4S. The average molecular weight is 586 g/mol. The summed E-state index contributed by atoms with van der Waals surface area (Å²) in [6.45, 7) is 6.16. The van der Waals surface area contributed by atoms with Crippen LogP contribution in [-0.4, -0.2) is 50.5 Å². The van der Waals surface area contributed by atoms with Gasteiger partial charge in [-0.05, 0) is 64.8 Å². The topological polar surface area (TPSA) is 86.8 Å². The monoisotopic (exact) mass is 585 g/mol.